The second kappa shape index (κ2) is 8.65. The summed E-state index contributed by atoms with van der Waals surface area (Å²) in [7, 11) is 0. The Morgan fingerprint density at radius 1 is 0.889 bits per heavy atom. The molecular weight excluding hydrogens is 455 g/mol. The highest BCUT2D eigenvalue weighted by Gasteiger charge is 2.08. The maximum atomic E-state index is 11.7. The van der Waals surface area contributed by atoms with E-state index in [-0.39, 0.29) is 22.9 Å². The van der Waals surface area contributed by atoms with Crippen molar-refractivity contribution in [2.45, 2.75) is 11.8 Å². The fraction of sp³-hybridized carbons (Fsp3) is 0.111. The summed E-state index contributed by atoms with van der Waals surface area (Å²) in [6, 6.07) is 12.2. The number of nitrogens with zero attached hydrogens (tertiary/aromatic N) is 4. The highest BCUT2D eigenvalue weighted by atomic mass is 79.9. The molecule has 9 heteroatoms. The standard InChI is InChI=1S/C9H6BrClN2O.C9H7ClN2O/c10-8-6(5-11)12-7-3-1-2-4-13(7)9(8)14;10-6-7-5-9(13)12-4-2-1-3-8(12)11-7/h1-4H,5H2;1-5H,6H2. The molecular formula is C18H13BrCl2N4O2. The zero-order valence-electron chi connectivity index (χ0n) is 13.8. The number of halogens is 3. The molecule has 0 aliphatic carbocycles. The Labute approximate surface area is 172 Å². The molecule has 4 aromatic heterocycles. The summed E-state index contributed by atoms with van der Waals surface area (Å²) in [5.41, 5.74) is 2.19. The van der Waals surface area contributed by atoms with Crippen LogP contribution in [0, 0.1) is 0 Å². The van der Waals surface area contributed by atoms with Crippen molar-refractivity contribution in [1.82, 2.24) is 18.8 Å². The molecule has 0 aliphatic rings. The fourth-order valence-corrected chi connectivity index (χ4v) is 3.29. The smallest absolute Gasteiger partial charge is 0.269 e. The third-order valence-electron chi connectivity index (χ3n) is 3.64. The van der Waals surface area contributed by atoms with Crippen LogP contribution in [0.1, 0.15) is 11.4 Å². The van der Waals surface area contributed by atoms with Gasteiger partial charge in [0.25, 0.3) is 11.1 Å². The van der Waals surface area contributed by atoms with Gasteiger partial charge in [-0.05, 0) is 40.2 Å². The maximum Gasteiger partial charge on any atom is 0.272 e. The fourth-order valence-electron chi connectivity index (χ4n) is 2.37. The summed E-state index contributed by atoms with van der Waals surface area (Å²) in [4.78, 5) is 31.6. The van der Waals surface area contributed by atoms with E-state index in [4.69, 9.17) is 23.2 Å². The predicted molar refractivity (Wildman–Crippen MR) is 110 cm³/mol. The van der Waals surface area contributed by atoms with E-state index in [1.807, 2.05) is 12.1 Å². The van der Waals surface area contributed by atoms with Gasteiger partial charge in [0.2, 0.25) is 0 Å². The van der Waals surface area contributed by atoms with E-state index >= 15 is 0 Å². The van der Waals surface area contributed by atoms with E-state index in [2.05, 4.69) is 25.9 Å². The van der Waals surface area contributed by atoms with Crippen LogP contribution in [0.2, 0.25) is 0 Å². The lowest BCUT2D eigenvalue weighted by Gasteiger charge is -2.03. The zero-order valence-corrected chi connectivity index (χ0v) is 16.9. The minimum Gasteiger partial charge on any atom is -0.269 e. The van der Waals surface area contributed by atoms with Crippen molar-refractivity contribution >= 4 is 50.4 Å². The average molecular weight is 468 g/mol. The van der Waals surface area contributed by atoms with Gasteiger partial charge in [0.1, 0.15) is 15.8 Å². The normalized spacial score (nSPS) is 10.6. The Balaban J connectivity index is 0.000000156. The predicted octanol–water partition coefficient (Wildman–Crippen LogP) is 3.63. The first-order valence-electron chi connectivity index (χ1n) is 7.80. The molecule has 0 N–H and O–H groups in total. The molecule has 0 unspecified atom stereocenters. The van der Waals surface area contributed by atoms with Crippen molar-refractivity contribution < 1.29 is 0 Å². The van der Waals surface area contributed by atoms with E-state index in [0.29, 0.717) is 27.2 Å². The van der Waals surface area contributed by atoms with Gasteiger partial charge in [0, 0.05) is 18.5 Å². The minimum absolute atomic E-state index is 0.0961. The molecule has 0 spiro atoms. The van der Waals surface area contributed by atoms with Crippen molar-refractivity contribution in [1.29, 1.82) is 0 Å². The Hall–Kier alpha value is -2.22. The summed E-state index contributed by atoms with van der Waals surface area (Å²) in [6.45, 7) is 0. The number of aromatic nitrogens is 4. The van der Waals surface area contributed by atoms with Crippen LogP contribution in [0.4, 0.5) is 0 Å². The van der Waals surface area contributed by atoms with E-state index in [1.165, 1.54) is 14.9 Å². The van der Waals surface area contributed by atoms with Crippen LogP contribution in [0.5, 0.6) is 0 Å². The monoisotopic (exact) mass is 466 g/mol. The lowest BCUT2D eigenvalue weighted by molar-refractivity contribution is 0.993. The van der Waals surface area contributed by atoms with Gasteiger partial charge in [-0.25, -0.2) is 9.97 Å². The van der Waals surface area contributed by atoms with Gasteiger partial charge >= 0.3 is 0 Å². The highest BCUT2D eigenvalue weighted by Crippen LogP contribution is 2.12. The van der Waals surface area contributed by atoms with Crippen LogP contribution in [0.15, 0.2) is 68.9 Å². The molecule has 0 fully saturated rings. The Kier molecular flexibility index (Phi) is 6.26. The van der Waals surface area contributed by atoms with Crippen LogP contribution >= 0.6 is 39.1 Å². The summed E-state index contributed by atoms with van der Waals surface area (Å²) in [5.74, 6) is 0.488. The van der Waals surface area contributed by atoms with Gasteiger partial charge in [-0.1, -0.05) is 12.1 Å². The molecule has 0 saturated carbocycles. The van der Waals surface area contributed by atoms with Crippen LogP contribution in [-0.2, 0) is 11.8 Å². The first-order chi connectivity index (χ1) is 13.0. The number of fused-ring (bicyclic) bond motifs is 2. The van der Waals surface area contributed by atoms with Gasteiger partial charge in [0.05, 0.1) is 23.1 Å². The van der Waals surface area contributed by atoms with E-state index < -0.39 is 0 Å². The first-order valence-corrected chi connectivity index (χ1v) is 9.66. The molecule has 0 bridgehead atoms. The third kappa shape index (κ3) is 4.21. The summed E-state index contributed by atoms with van der Waals surface area (Å²) < 4.78 is 3.38. The maximum absolute atomic E-state index is 11.7. The highest BCUT2D eigenvalue weighted by molar-refractivity contribution is 9.10. The van der Waals surface area contributed by atoms with Crippen molar-refractivity contribution in [3.05, 3.63) is 91.4 Å². The van der Waals surface area contributed by atoms with Gasteiger partial charge in [-0.2, -0.15) is 0 Å². The molecule has 4 heterocycles. The second-order valence-corrected chi connectivity index (χ2v) is 6.72. The molecule has 0 saturated heterocycles. The van der Waals surface area contributed by atoms with E-state index in [0.717, 1.165) is 0 Å². The molecule has 4 rings (SSSR count). The summed E-state index contributed by atoms with van der Waals surface area (Å²) >= 11 is 14.4. The van der Waals surface area contributed by atoms with Gasteiger partial charge in [0.15, 0.2) is 0 Å². The van der Waals surface area contributed by atoms with E-state index in [1.54, 1.807) is 36.7 Å². The lowest BCUT2D eigenvalue weighted by atomic mass is 10.4. The van der Waals surface area contributed by atoms with Crippen LogP contribution in [0.3, 0.4) is 0 Å². The molecule has 0 aliphatic heterocycles. The quantitative estimate of drug-likeness (QED) is 0.422. The largest absolute Gasteiger partial charge is 0.272 e. The van der Waals surface area contributed by atoms with Crippen molar-refractivity contribution in [3.63, 3.8) is 0 Å². The second-order valence-electron chi connectivity index (χ2n) is 5.39. The Morgan fingerprint density at radius 3 is 2.15 bits per heavy atom. The van der Waals surface area contributed by atoms with Gasteiger partial charge < -0.3 is 0 Å². The number of hydrogen-bond donors (Lipinski definition) is 0. The number of pyridine rings is 2. The van der Waals surface area contributed by atoms with Crippen molar-refractivity contribution in [2.24, 2.45) is 0 Å². The molecule has 138 valence electrons. The third-order valence-corrected chi connectivity index (χ3v) is 4.96. The van der Waals surface area contributed by atoms with Crippen molar-refractivity contribution in [2.75, 3.05) is 0 Å². The Bertz CT molecular complexity index is 1220. The summed E-state index contributed by atoms with van der Waals surface area (Å²) in [6.07, 6.45) is 3.36. The molecule has 27 heavy (non-hydrogen) atoms. The average Bonchev–Trinajstić information content (AvgIpc) is 2.71. The SMILES string of the molecule is O=c1c(Br)c(CCl)nc2ccccn12.O=c1cc(CCl)nc2ccccn12. The van der Waals surface area contributed by atoms with Crippen LogP contribution < -0.4 is 11.1 Å². The Morgan fingerprint density at radius 2 is 1.52 bits per heavy atom. The van der Waals surface area contributed by atoms with Gasteiger partial charge in [-0.3, -0.25) is 18.4 Å². The number of hydrogen-bond acceptors (Lipinski definition) is 4. The van der Waals surface area contributed by atoms with Gasteiger partial charge in [-0.15, -0.1) is 23.2 Å². The first kappa shape index (κ1) is 19.5. The van der Waals surface area contributed by atoms with Crippen molar-refractivity contribution in [3.8, 4) is 0 Å². The molecule has 0 radical (unpaired) electrons. The summed E-state index contributed by atoms with van der Waals surface area (Å²) in [5, 5.41) is 0. The number of rotatable bonds is 2. The zero-order chi connectivity index (χ0) is 19.4. The molecule has 4 aromatic rings. The molecule has 0 amide bonds. The van der Waals surface area contributed by atoms with Crippen LogP contribution in [-0.4, -0.2) is 18.8 Å². The lowest BCUT2D eigenvalue weighted by Crippen LogP contribution is -2.17. The molecule has 0 aromatic carbocycles. The van der Waals surface area contributed by atoms with Crippen LogP contribution in [0.25, 0.3) is 11.3 Å². The topological polar surface area (TPSA) is 68.7 Å². The number of alkyl halides is 2. The molecule has 6 nitrogen and oxygen atoms in total. The minimum atomic E-state index is -0.133. The van der Waals surface area contributed by atoms with E-state index in [9.17, 15) is 9.59 Å². The molecule has 0 atom stereocenters.